The van der Waals surface area contributed by atoms with Crippen LogP contribution in [0, 0.1) is 49.9 Å². The van der Waals surface area contributed by atoms with E-state index in [2.05, 4.69) is 71.5 Å². The van der Waals surface area contributed by atoms with Crippen LogP contribution in [0.2, 0.25) is 0 Å². The molecule has 0 aliphatic heterocycles. The lowest BCUT2D eigenvalue weighted by molar-refractivity contribution is -0.119. The van der Waals surface area contributed by atoms with Gasteiger partial charge in [-0.3, -0.25) is 4.79 Å². The molecule has 0 heterocycles. The zero-order valence-corrected chi connectivity index (χ0v) is 14.1. The van der Waals surface area contributed by atoms with Gasteiger partial charge < -0.3 is 0 Å². The van der Waals surface area contributed by atoms with E-state index in [1.54, 1.807) is 0 Å². The fourth-order valence-electron chi connectivity index (χ4n) is 3.11. The van der Waals surface area contributed by atoms with Gasteiger partial charge in [-0.05, 0) is 30.3 Å². The molecule has 0 radical (unpaired) electrons. The maximum atomic E-state index is 12.3. The average Bonchev–Trinajstić information content (AvgIpc) is 2.56. The second-order valence-corrected chi connectivity index (χ2v) is 5.76. The fourth-order valence-corrected chi connectivity index (χ4v) is 3.11. The van der Waals surface area contributed by atoms with Crippen LogP contribution in [0.25, 0.3) is 0 Å². The molecule has 2 aliphatic rings. The molecule has 1 heteroatoms. The molecule has 2 aliphatic carbocycles. The molecule has 1 fully saturated rings. The van der Waals surface area contributed by atoms with Crippen molar-refractivity contribution in [2.75, 3.05) is 0 Å². The summed E-state index contributed by atoms with van der Waals surface area (Å²) in [5, 5.41) is 0. The summed E-state index contributed by atoms with van der Waals surface area (Å²) in [5.74, 6) is 0.613. The SMILES string of the molecule is C#C.C#C.C#C.CCCC1=CC=C2[C@H](CCCC2(C)C)C1=O. The molecule has 0 amide bonds. The van der Waals surface area contributed by atoms with E-state index in [9.17, 15) is 4.79 Å². The highest BCUT2D eigenvalue weighted by Crippen LogP contribution is 2.46. The number of carbonyl (C=O) groups excluding carboxylic acids is 1. The van der Waals surface area contributed by atoms with Crippen molar-refractivity contribution >= 4 is 5.78 Å². The molecule has 0 aromatic carbocycles. The number of Topliss-reactive ketones (excluding diaryl/α,β-unsaturated/α-hetero) is 1. The van der Waals surface area contributed by atoms with Gasteiger partial charge >= 0.3 is 0 Å². The summed E-state index contributed by atoms with van der Waals surface area (Å²) < 4.78 is 0. The van der Waals surface area contributed by atoms with E-state index in [1.807, 2.05) is 0 Å². The van der Waals surface area contributed by atoms with E-state index >= 15 is 0 Å². The van der Waals surface area contributed by atoms with Gasteiger partial charge in [0.15, 0.2) is 5.78 Å². The van der Waals surface area contributed by atoms with Crippen molar-refractivity contribution in [1.29, 1.82) is 0 Å². The monoisotopic (exact) mass is 296 g/mol. The second kappa shape index (κ2) is 11.5. The highest BCUT2D eigenvalue weighted by atomic mass is 16.1. The Balaban J connectivity index is 0. The van der Waals surface area contributed by atoms with E-state index in [0.29, 0.717) is 5.78 Å². The van der Waals surface area contributed by atoms with Gasteiger partial charge in [-0.2, -0.15) is 0 Å². The first-order valence-corrected chi connectivity index (χ1v) is 7.51. The normalized spacial score (nSPS) is 20.8. The molecule has 2 rings (SSSR count). The van der Waals surface area contributed by atoms with Crippen LogP contribution in [0.15, 0.2) is 23.3 Å². The number of terminal acetylenes is 3. The van der Waals surface area contributed by atoms with Gasteiger partial charge in [0.1, 0.15) is 0 Å². The molecule has 0 unspecified atom stereocenters. The first kappa shape index (κ1) is 22.1. The summed E-state index contributed by atoms with van der Waals surface area (Å²) in [5.41, 5.74) is 2.66. The number of allylic oxidation sites excluding steroid dienone is 4. The largest absolute Gasteiger partial charge is 0.294 e. The first-order chi connectivity index (χ1) is 10.6. The van der Waals surface area contributed by atoms with Crippen LogP contribution in [-0.2, 0) is 4.79 Å². The van der Waals surface area contributed by atoms with Crippen LogP contribution in [0.4, 0.5) is 0 Å². The van der Waals surface area contributed by atoms with Gasteiger partial charge in [-0.15, -0.1) is 38.5 Å². The maximum absolute atomic E-state index is 12.3. The van der Waals surface area contributed by atoms with Crippen molar-refractivity contribution in [3.05, 3.63) is 23.3 Å². The lowest BCUT2D eigenvalue weighted by Crippen LogP contribution is -2.33. The van der Waals surface area contributed by atoms with Crippen LogP contribution < -0.4 is 0 Å². The summed E-state index contributed by atoms with van der Waals surface area (Å²) in [6, 6.07) is 0. The van der Waals surface area contributed by atoms with E-state index in [-0.39, 0.29) is 11.3 Å². The number of hydrogen-bond donors (Lipinski definition) is 0. The van der Waals surface area contributed by atoms with Gasteiger partial charge in [0.2, 0.25) is 0 Å². The first-order valence-electron chi connectivity index (χ1n) is 7.51. The average molecular weight is 296 g/mol. The third-order valence-corrected chi connectivity index (χ3v) is 4.07. The molecule has 0 N–H and O–H groups in total. The molecule has 0 spiro atoms. The molecular formula is C21H28O. The Morgan fingerprint density at radius 1 is 1.09 bits per heavy atom. The van der Waals surface area contributed by atoms with Crippen molar-refractivity contribution in [3.8, 4) is 38.5 Å². The number of ketones is 1. The third-order valence-electron chi connectivity index (χ3n) is 4.07. The van der Waals surface area contributed by atoms with E-state index in [0.717, 1.165) is 24.8 Å². The Morgan fingerprint density at radius 3 is 2.14 bits per heavy atom. The molecule has 1 atom stereocenters. The number of hydrogen-bond acceptors (Lipinski definition) is 1. The Bertz CT molecular complexity index is 452. The zero-order chi connectivity index (χ0) is 17.8. The Morgan fingerprint density at radius 2 is 1.64 bits per heavy atom. The van der Waals surface area contributed by atoms with Gasteiger partial charge in [0, 0.05) is 5.92 Å². The fraction of sp³-hybridized carbons (Fsp3) is 0.476. The van der Waals surface area contributed by atoms with E-state index < -0.39 is 0 Å². The predicted octanol–water partition coefficient (Wildman–Crippen LogP) is 4.80. The summed E-state index contributed by atoms with van der Waals surface area (Å²) >= 11 is 0. The summed E-state index contributed by atoms with van der Waals surface area (Å²) in [6.45, 7) is 6.69. The molecule has 0 saturated heterocycles. The van der Waals surface area contributed by atoms with Crippen molar-refractivity contribution in [3.63, 3.8) is 0 Å². The van der Waals surface area contributed by atoms with E-state index in [4.69, 9.17) is 0 Å². The number of rotatable bonds is 2. The summed E-state index contributed by atoms with van der Waals surface area (Å²) in [7, 11) is 0. The van der Waals surface area contributed by atoms with Gasteiger partial charge in [0.25, 0.3) is 0 Å². The summed E-state index contributed by atoms with van der Waals surface area (Å²) in [6.07, 6.45) is 33.8. The second-order valence-electron chi connectivity index (χ2n) is 5.76. The van der Waals surface area contributed by atoms with Gasteiger partial charge in [0.05, 0.1) is 0 Å². The number of carbonyl (C=O) groups is 1. The maximum Gasteiger partial charge on any atom is 0.165 e. The van der Waals surface area contributed by atoms with Crippen molar-refractivity contribution in [1.82, 2.24) is 0 Å². The minimum Gasteiger partial charge on any atom is -0.294 e. The smallest absolute Gasteiger partial charge is 0.165 e. The van der Waals surface area contributed by atoms with Crippen molar-refractivity contribution < 1.29 is 4.79 Å². The zero-order valence-electron chi connectivity index (χ0n) is 14.1. The quantitative estimate of drug-likeness (QED) is 0.669. The highest BCUT2D eigenvalue weighted by Gasteiger charge is 2.38. The van der Waals surface area contributed by atoms with Gasteiger partial charge in [-0.25, -0.2) is 0 Å². The lowest BCUT2D eigenvalue weighted by atomic mass is 9.64. The molecule has 0 aromatic heterocycles. The van der Waals surface area contributed by atoms with Crippen LogP contribution in [0.5, 0.6) is 0 Å². The van der Waals surface area contributed by atoms with Crippen molar-refractivity contribution in [2.45, 2.75) is 52.9 Å². The van der Waals surface area contributed by atoms with Crippen molar-refractivity contribution in [2.24, 2.45) is 11.3 Å². The Labute approximate surface area is 137 Å². The molecule has 1 saturated carbocycles. The molecule has 0 bridgehead atoms. The Kier molecular flexibility index (Phi) is 11.5. The standard InChI is InChI=1S/C15H22O.3C2H2/c1-4-6-11-8-9-13-12(14(11)16)7-5-10-15(13,2)3;3*1-2/h8-9,12H,4-7,10H2,1-3H3;3*1-2H/t12-;;;/m0.../s1. The van der Waals surface area contributed by atoms with Crippen LogP contribution in [0.3, 0.4) is 0 Å². The lowest BCUT2D eigenvalue weighted by Gasteiger charge is -2.39. The summed E-state index contributed by atoms with van der Waals surface area (Å²) in [4.78, 5) is 12.3. The van der Waals surface area contributed by atoms with Crippen LogP contribution in [0.1, 0.15) is 52.9 Å². The van der Waals surface area contributed by atoms with Gasteiger partial charge in [-0.1, -0.05) is 51.3 Å². The van der Waals surface area contributed by atoms with Crippen LogP contribution in [-0.4, -0.2) is 5.78 Å². The molecule has 118 valence electrons. The number of fused-ring (bicyclic) bond motifs is 1. The predicted molar refractivity (Wildman–Crippen MR) is 96.9 cm³/mol. The molecule has 22 heavy (non-hydrogen) atoms. The van der Waals surface area contributed by atoms with Crippen LogP contribution >= 0.6 is 0 Å². The highest BCUT2D eigenvalue weighted by molar-refractivity contribution is 6.00. The third kappa shape index (κ3) is 5.31. The topological polar surface area (TPSA) is 17.1 Å². The minimum atomic E-state index is 0.204. The molecule has 0 aromatic rings. The minimum absolute atomic E-state index is 0.204. The molecular weight excluding hydrogens is 268 g/mol. The van der Waals surface area contributed by atoms with E-state index in [1.165, 1.54) is 18.4 Å². The molecule has 1 nitrogen and oxygen atoms in total. The Hall–Kier alpha value is -2.17.